The van der Waals surface area contributed by atoms with E-state index in [1.165, 1.54) is 12.1 Å². The molecular weight excluding hydrogens is 243 g/mol. The van der Waals surface area contributed by atoms with Gasteiger partial charge in [0.25, 0.3) is 5.53 Å². The molecule has 0 aliphatic carbocycles. The summed E-state index contributed by atoms with van der Waals surface area (Å²) in [6, 6.07) is 8.92. The highest BCUT2D eigenvalue weighted by molar-refractivity contribution is 7.52. The van der Waals surface area contributed by atoms with Crippen LogP contribution in [0, 0.1) is 6.07 Å². The molecule has 0 aliphatic rings. The summed E-state index contributed by atoms with van der Waals surface area (Å²) in [7, 11) is -4.62. The second-order valence-corrected chi connectivity index (χ2v) is 4.96. The maximum Gasteiger partial charge on any atom is 0.389 e. The van der Waals surface area contributed by atoms with Crippen molar-refractivity contribution >= 4 is 7.60 Å². The Morgan fingerprint density at radius 3 is 2.06 bits per heavy atom. The van der Waals surface area contributed by atoms with Gasteiger partial charge in [0.2, 0.25) is 0 Å². The van der Waals surface area contributed by atoms with E-state index in [1.54, 1.807) is 26.0 Å². The van der Waals surface area contributed by atoms with Crippen LogP contribution in [0.1, 0.15) is 19.4 Å². The van der Waals surface area contributed by atoms with E-state index in [4.69, 9.17) is 9.47 Å². The zero-order chi connectivity index (χ0) is 12.9. The Hall–Kier alpha value is -0.710. The molecule has 5 nitrogen and oxygen atoms in total. The van der Waals surface area contributed by atoms with Crippen LogP contribution in [0.25, 0.3) is 0 Å². The summed E-state index contributed by atoms with van der Waals surface area (Å²) in [6.45, 7) is 3.56. The first-order valence-electron chi connectivity index (χ1n) is 5.28. The lowest BCUT2D eigenvalue weighted by Crippen LogP contribution is -2.33. The molecule has 0 atom stereocenters. The molecule has 0 saturated heterocycles. The van der Waals surface area contributed by atoms with E-state index in [1.807, 2.05) is 0 Å². The predicted octanol–water partition coefficient (Wildman–Crippen LogP) is 1.85. The van der Waals surface area contributed by atoms with Crippen LogP contribution in [0.3, 0.4) is 0 Å². The third kappa shape index (κ3) is 2.94. The van der Waals surface area contributed by atoms with Crippen molar-refractivity contribution in [3.8, 4) is 0 Å². The quantitative estimate of drug-likeness (QED) is 0.602. The van der Waals surface area contributed by atoms with Gasteiger partial charge in [-0.15, -0.1) is 0 Å². The summed E-state index contributed by atoms with van der Waals surface area (Å²) < 4.78 is 22.1. The largest absolute Gasteiger partial charge is 0.389 e. The minimum absolute atomic E-state index is 0.129. The van der Waals surface area contributed by atoms with Gasteiger partial charge in [-0.3, -0.25) is 4.57 Å². The van der Waals surface area contributed by atoms with E-state index in [2.05, 4.69) is 6.07 Å². The number of ether oxygens (including phenoxy) is 2. The Morgan fingerprint density at radius 1 is 1.24 bits per heavy atom. The number of hydrogen-bond donors (Lipinski definition) is 2. The maximum absolute atomic E-state index is 11.7. The minimum Gasteiger partial charge on any atom is -0.337 e. The molecule has 0 amide bonds. The van der Waals surface area contributed by atoms with Crippen LogP contribution < -0.4 is 0 Å². The van der Waals surface area contributed by atoms with Gasteiger partial charge in [0, 0.05) is 18.8 Å². The van der Waals surface area contributed by atoms with Gasteiger partial charge in [0.05, 0.1) is 0 Å². The summed E-state index contributed by atoms with van der Waals surface area (Å²) in [6.07, 6.45) is 0. The smallest absolute Gasteiger partial charge is 0.337 e. The van der Waals surface area contributed by atoms with Gasteiger partial charge in [-0.25, -0.2) is 0 Å². The van der Waals surface area contributed by atoms with Crippen molar-refractivity contribution in [2.75, 3.05) is 13.2 Å². The number of hydrogen-bond acceptors (Lipinski definition) is 3. The van der Waals surface area contributed by atoms with E-state index >= 15 is 0 Å². The highest BCUT2D eigenvalue weighted by atomic mass is 31.2. The molecule has 1 rings (SSSR count). The van der Waals surface area contributed by atoms with Gasteiger partial charge in [-0.05, 0) is 19.9 Å². The average molecular weight is 259 g/mol. The molecule has 0 aromatic heterocycles. The molecule has 17 heavy (non-hydrogen) atoms. The van der Waals surface area contributed by atoms with E-state index in [0.29, 0.717) is 0 Å². The molecule has 6 heteroatoms. The fraction of sp³-hybridized carbons (Fsp3) is 0.455. The zero-order valence-corrected chi connectivity index (χ0v) is 10.7. The molecule has 0 bridgehead atoms. The summed E-state index contributed by atoms with van der Waals surface area (Å²) in [4.78, 5) is 19.0. The molecule has 1 aromatic carbocycles. The van der Waals surface area contributed by atoms with Crippen molar-refractivity contribution in [2.45, 2.75) is 19.4 Å². The van der Waals surface area contributed by atoms with Crippen molar-refractivity contribution < 1.29 is 23.8 Å². The van der Waals surface area contributed by atoms with Crippen LogP contribution in [0.15, 0.2) is 24.3 Å². The first-order chi connectivity index (χ1) is 7.98. The van der Waals surface area contributed by atoms with Crippen molar-refractivity contribution in [3.05, 3.63) is 35.9 Å². The Balaban J connectivity index is 3.30. The molecule has 0 spiro atoms. The lowest BCUT2D eigenvalue weighted by atomic mass is 10.2. The Morgan fingerprint density at radius 2 is 1.71 bits per heavy atom. The van der Waals surface area contributed by atoms with Crippen LogP contribution in [0.2, 0.25) is 0 Å². The lowest BCUT2D eigenvalue weighted by Gasteiger charge is -2.33. The molecule has 2 N–H and O–H groups in total. The van der Waals surface area contributed by atoms with Gasteiger partial charge >= 0.3 is 7.60 Å². The molecular formula is C11H16O5P. The van der Waals surface area contributed by atoms with Crippen molar-refractivity contribution in [1.82, 2.24) is 0 Å². The van der Waals surface area contributed by atoms with E-state index < -0.39 is 13.1 Å². The third-order valence-corrected chi connectivity index (χ3v) is 3.43. The first-order valence-corrected chi connectivity index (χ1v) is 6.89. The summed E-state index contributed by atoms with van der Waals surface area (Å²) >= 11 is 0. The van der Waals surface area contributed by atoms with Gasteiger partial charge in [-0.1, -0.05) is 24.3 Å². The normalized spacial score (nSPS) is 12.7. The van der Waals surface area contributed by atoms with Gasteiger partial charge in [-0.2, -0.15) is 0 Å². The second kappa shape index (κ2) is 5.76. The SMILES string of the molecule is CCOC(OCC)(c1cc[c]cc1)P(=O)(O)O. The summed E-state index contributed by atoms with van der Waals surface area (Å²) in [5, 5.41) is 0. The molecule has 95 valence electrons. The Bertz CT molecular complexity index is 380. The first kappa shape index (κ1) is 14.4. The highest BCUT2D eigenvalue weighted by Crippen LogP contribution is 2.58. The van der Waals surface area contributed by atoms with Crippen LogP contribution in [-0.4, -0.2) is 23.0 Å². The monoisotopic (exact) mass is 259 g/mol. The van der Waals surface area contributed by atoms with Crippen LogP contribution >= 0.6 is 7.60 Å². The fourth-order valence-corrected chi connectivity index (χ4v) is 2.61. The lowest BCUT2D eigenvalue weighted by molar-refractivity contribution is -0.192. The highest BCUT2D eigenvalue weighted by Gasteiger charge is 2.51. The van der Waals surface area contributed by atoms with Crippen molar-refractivity contribution in [3.63, 3.8) is 0 Å². The van der Waals surface area contributed by atoms with Crippen molar-refractivity contribution in [1.29, 1.82) is 0 Å². The van der Waals surface area contributed by atoms with Gasteiger partial charge in [0.15, 0.2) is 0 Å². The van der Waals surface area contributed by atoms with E-state index in [9.17, 15) is 14.4 Å². The Kier molecular flexibility index (Phi) is 4.86. The average Bonchev–Trinajstić information content (AvgIpc) is 2.28. The molecule has 0 fully saturated rings. The van der Waals surface area contributed by atoms with Crippen LogP contribution in [0.4, 0.5) is 0 Å². The maximum atomic E-state index is 11.7. The zero-order valence-electron chi connectivity index (χ0n) is 9.79. The topological polar surface area (TPSA) is 76.0 Å². The van der Waals surface area contributed by atoms with E-state index in [0.717, 1.165) is 0 Å². The van der Waals surface area contributed by atoms with Crippen LogP contribution in [-0.2, 0) is 19.6 Å². The molecule has 0 saturated carbocycles. The standard InChI is InChI=1S/C11H16O5P/c1-3-15-11(16-4-2,17(12,13)14)10-8-6-5-7-9-10/h6-9H,3-4H2,1-2H3,(H2,12,13,14). The predicted molar refractivity (Wildman–Crippen MR) is 62.3 cm³/mol. The van der Waals surface area contributed by atoms with Crippen molar-refractivity contribution in [2.24, 2.45) is 0 Å². The molecule has 0 heterocycles. The second-order valence-electron chi connectivity index (χ2n) is 3.28. The minimum atomic E-state index is -4.62. The van der Waals surface area contributed by atoms with Crippen LogP contribution in [0.5, 0.6) is 0 Å². The van der Waals surface area contributed by atoms with Gasteiger partial charge < -0.3 is 19.3 Å². The summed E-state index contributed by atoms with van der Waals surface area (Å²) in [5.41, 5.74) is -1.74. The van der Waals surface area contributed by atoms with E-state index in [-0.39, 0.29) is 18.8 Å². The fourth-order valence-electron chi connectivity index (χ4n) is 1.53. The molecule has 1 radical (unpaired) electrons. The number of benzene rings is 1. The third-order valence-electron chi connectivity index (χ3n) is 2.15. The number of rotatable bonds is 6. The Labute approximate surface area is 101 Å². The molecule has 0 unspecified atom stereocenters. The van der Waals surface area contributed by atoms with Gasteiger partial charge in [0.1, 0.15) is 0 Å². The summed E-state index contributed by atoms with van der Waals surface area (Å²) in [5.74, 6) is 0. The molecule has 0 aliphatic heterocycles. The molecule has 1 aromatic rings.